The summed E-state index contributed by atoms with van der Waals surface area (Å²) in [5.41, 5.74) is 7.20. The monoisotopic (exact) mass is 198 g/mol. The average Bonchev–Trinajstić information content (AvgIpc) is 2.04. The van der Waals surface area contributed by atoms with Gasteiger partial charge in [-0.1, -0.05) is 12.1 Å². The molecule has 0 bridgehead atoms. The number of anilines is 1. The van der Waals surface area contributed by atoms with Crippen molar-refractivity contribution in [2.45, 2.75) is 12.1 Å². The summed E-state index contributed by atoms with van der Waals surface area (Å²) in [4.78, 5) is 0. The van der Waals surface area contributed by atoms with Gasteiger partial charge in [-0.3, -0.25) is 0 Å². The molecule has 1 aromatic carbocycles. The van der Waals surface area contributed by atoms with E-state index in [9.17, 15) is 0 Å². The topological polar surface area (TPSA) is 47.3 Å². The Bertz CT molecular complexity index is 266. The first-order chi connectivity index (χ1) is 6.22. The normalized spacial score (nSPS) is 12.5. The third-order valence-corrected chi connectivity index (χ3v) is 1.68. The number of hydrogen-bond acceptors (Lipinski definition) is 4. The van der Waals surface area contributed by atoms with E-state index in [-0.39, 0.29) is 5.50 Å². The van der Waals surface area contributed by atoms with Gasteiger partial charge in [-0.05, 0) is 17.7 Å². The predicted octanol–water partition coefficient (Wildman–Crippen LogP) is 1.42. The lowest BCUT2D eigenvalue weighted by Gasteiger charge is -2.10. The average molecular weight is 198 g/mol. The van der Waals surface area contributed by atoms with Crippen LogP contribution in [0.4, 0.5) is 5.69 Å². The number of thiol groups is 1. The van der Waals surface area contributed by atoms with E-state index in [2.05, 4.69) is 17.9 Å². The quantitative estimate of drug-likeness (QED) is 0.506. The molecule has 1 rings (SSSR count). The fraction of sp³-hybridized carbons (Fsp3) is 0.333. The summed E-state index contributed by atoms with van der Waals surface area (Å²) in [7, 11) is 1.67. The molecule has 0 spiro atoms. The molecule has 1 aromatic rings. The van der Waals surface area contributed by atoms with Crippen LogP contribution in [0.1, 0.15) is 5.56 Å². The van der Waals surface area contributed by atoms with Gasteiger partial charge < -0.3 is 15.8 Å². The van der Waals surface area contributed by atoms with E-state index in [1.54, 1.807) is 7.11 Å². The first-order valence-electron chi connectivity index (χ1n) is 4.00. The highest BCUT2D eigenvalue weighted by atomic mass is 32.1. The summed E-state index contributed by atoms with van der Waals surface area (Å²) in [6.07, 6.45) is 0. The van der Waals surface area contributed by atoms with E-state index in [0.717, 1.165) is 11.3 Å². The van der Waals surface area contributed by atoms with E-state index in [4.69, 9.17) is 10.5 Å². The summed E-state index contributed by atoms with van der Waals surface area (Å²) in [5, 5.41) is 2.99. The lowest BCUT2D eigenvalue weighted by atomic mass is 10.2. The number of nitrogens with two attached hydrogens (primary N) is 1. The molecule has 0 amide bonds. The van der Waals surface area contributed by atoms with Crippen LogP contribution in [0.15, 0.2) is 24.3 Å². The molecule has 0 radical (unpaired) electrons. The minimum absolute atomic E-state index is 0.335. The Hall–Kier alpha value is -0.710. The van der Waals surface area contributed by atoms with E-state index in [1.165, 1.54) is 0 Å². The summed E-state index contributed by atoms with van der Waals surface area (Å²) in [5.74, 6) is 0. The van der Waals surface area contributed by atoms with Crippen LogP contribution in [0.5, 0.6) is 0 Å². The van der Waals surface area contributed by atoms with E-state index in [0.29, 0.717) is 6.61 Å². The third-order valence-electron chi connectivity index (χ3n) is 1.55. The van der Waals surface area contributed by atoms with Crippen molar-refractivity contribution in [2.24, 2.45) is 5.73 Å². The predicted molar refractivity (Wildman–Crippen MR) is 57.7 cm³/mol. The fourth-order valence-corrected chi connectivity index (χ4v) is 1.24. The van der Waals surface area contributed by atoms with Crippen molar-refractivity contribution in [2.75, 3.05) is 12.4 Å². The SMILES string of the molecule is COCc1cccc(NC(N)S)c1. The van der Waals surface area contributed by atoms with Crippen molar-refractivity contribution in [3.8, 4) is 0 Å². The zero-order chi connectivity index (χ0) is 9.68. The van der Waals surface area contributed by atoms with Crippen LogP contribution in [0, 0.1) is 0 Å². The second-order valence-electron chi connectivity index (χ2n) is 2.72. The highest BCUT2D eigenvalue weighted by Gasteiger charge is 1.97. The van der Waals surface area contributed by atoms with Crippen molar-refractivity contribution in [1.82, 2.24) is 0 Å². The molecule has 0 saturated heterocycles. The van der Waals surface area contributed by atoms with Gasteiger partial charge in [-0.25, -0.2) is 0 Å². The van der Waals surface area contributed by atoms with Crippen molar-refractivity contribution >= 4 is 18.3 Å². The molecular weight excluding hydrogens is 184 g/mol. The summed E-state index contributed by atoms with van der Waals surface area (Å²) in [6.45, 7) is 0.608. The zero-order valence-corrected chi connectivity index (χ0v) is 8.42. The Kier molecular flexibility index (Phi) is 4.08. The fourth-order valence-electron chi connectivity index (χ4n) is 1.09. The molecule has 0 aliphatic carbocycles. The lowest BCUT2D eigenvalue weighted by molar-refractivity contribution is 0.185. The highest BCUT2D eigenvalue weighted by molar-refractivity contribution is 7.81. The molecule has 0 aromatic heterocycles. The first-order valence-corrected chi connectivity index (χ1v) is 4.52. The standard InChI is InChI=1S/C9H14N2OS/c1-12-6-7-3-2-4-8(5-7)11-9(10)13/h2-5,9,11,13H,6,10H2,1H3. The van der Waals surface area contributed by atoms with E-state index in [1.807, 2.05) is 24.3 Å². The Morgan fingerprint density at radius 1 is 1.62 bits per heavy atom. The van der Waals surface area contributed by atoms with Crippen LogP contribution in [0.3, 0.4) is 0 Å². The van der Waals surface area contributed by atoms with Gasteiger partial charge in [0.1, 0.15) is 5.50 Å². The van der Waals surface area contributed by atoms with Gasteiger partial charge in [0.25, 0.3) is 0 Å². The summed E-state index contributed by atoms with van der Waals surface area (Å²) in [6, 6.07) is 7.88. The number of hydrogen-bond donors (Lipinski definition) is 3. The van der Waals surface area contributed by atoms with Crippen molar-refractivity contribution < 1.29 is 4.74 Å². The lowest BCUT2D eigenvalue weighted by Crippen LogP contribution is -2.22. The van der Waals surface area contributed by atoms with E-state index >= 15 is 0 Å². The number of methoxy groups -OCH3 is 1. The highest BCUT2D eigenvalue weighted by Crippen LogP contribution is 2.12. The first kappa shape index (κ1) is 10.4. The second-order valence-corrected chi connectivity index (χ2v) is 3.28. The Morgan fingerprint density at radius 2 is 2.38 bits per heavy atom. The molecule has 0 aliphatic rings. The molecular formula is C9H14N2OS. The smallest absolute Gasteiger partial charge is 0.120 e. The van der Waals surface area contributed by atoms with Gasteiger partial charge in [0.2, 0.25) is 0 Å². The molecule has 0 aliphatic heterocycles. The number of ether oxygens (including phenoxy) is 1. The molecule has 0 saturated carbocycles. The van der Waals surface area contributed by atoms with Crippen LogP contribution >= 0.6 is 12.6 Å². The maximum absolute atomic E-state index is 5.47. The van der Waals surface area contributed by atoms with Gasteiger partial charge in [-0.2, -0.15) is 0 Å². The maximum Gasteiger partial charge on any atom is 0.120 e. The second kappa shape index (κ2) is 5.11. The Morgan fingerprint density at radius 3 is 3.00 bits per heavy atom. The maximum atomic E-state index is 5.47. The molecule has 3 nitrogen and oxygen atoms in total. The zero-order valence-electron chi connectivity index (χ0n) is 7.53. The molecule has 0 fully saturated rings. The van der Waals surface area contributed by atoms with E-state index < -0.39 is 0 Å². The molecule has 3 N–H and O–H groups in total. The van der Waals surface area contributed by atoms with Crippen LogP contribution < -0.4 is 11.1 Å². The summed E-state index contributed by atoms with van der Waals surface area (Å²) < 4.78 is 5.01. The largest absolute Gasteiger partial charge is 0.380 e. The van der Waals surface area contributed by atoms with Crippen molar-refractivity contribution in [3.63, 3.8) is 0 Å². The molecule has 1 unspecified atom stereocenters. The van der Waals surface area contributed by atoms with Crippen LogP contribution in [0.2, 0.25) is 0 Å². The van der Waals surface area contributed by atoms with Crippen LogP contribution in [0.25, 0.3) is 0 Å². The molecule has 13 heavy (non-hydrogen) atoms. The molecule has 72 valence electrons. The minimum atomic E-state index is -0.335. The number of benzene rings is 1. The van der Waals surface area contributed by atoms with Gasteiger partial charge in [0.15, 0.2) is 0 Å². The Labute approximate surface area is 83.7 Å². The molecule has 4 heteroatoms. The van der Waals surface area contributed by atoms with Crippen LogP contribution in [-0.4, -0.2) is 12.6 Å². The summed E-state index contributed by atoms with van der Waals surface area (Å²) >= 11 is 4.03. The molecule has 0 heterocycles. The Balaban J connectivity index is 2.67. The van der Waals surface area contributed by atoms with Gasteiger partial charge in [-0.15, -0.1) is 12.6 Å². The van der Waals surface area contributed by atoms with Gasteiger partial charge >= 0.3 is 0 Å². The minimum Gasteiger partial charge on any atom is -0.380 e. The van der Waals surface area contributed by atoms with Crippen LogP contribution in [-0.2, 0) is 11.3 Å². The van der Waals surface area contributed by atoms with Gasteiger partial charge in [0.05, 0.1) is 6.61 Å². The third kappa shape index (κ3) is 3.67. The van der Waals surface area contributed by atoms with Crippen molar-refractivity contribution in [1.29, 1.82) is 0 Å². The van der Waals surface area contributed by atoms with Crippen molar-refractivity contribution in [3.05, 3.63) is 29.8 Å². The number of rotatable bonds is 4. The van der Waals surface area contributed by atoms with Gasteiger partial charge in [0, 0.05) is 12.8 Å². The number of nitrogens with one attached hydrogen (secondary N) is 1. The molecule has 1 atom stereocenters.